The van der Waals surface area contributed by atoms with Crippen LogP contribution in [0.3, 0.4) is 0 Å². The van der Waals surface area contributed by atoms with Gasteiger partial charge in [-0.2, -0.15) is 0 Å². The van der Waals surface area contributed by atoms with Gasteiger partial charge < -0.3 is 0 Å². The molecule has 0 aliphatic carbocycles. The molecule has 0 N–H and O–H groups in total. The molecule has 0 amide bonds. The van der Waals surface area contributed by atoms with Gasteiger partial charge in [0, 0.05) is 27.6 Å². The Balaban J connectivity index is 2.08. The van der Waals surface area contributed by atoms with Crippen molar-refractivity contribution in [2.75, 3.05) is 0 Å². The van der Waals surface area contributed by atoms with Gasteiger partial charge >= 0.3 is 0 Å². The first-order chi connectivity index (χ1) is 2.50. The van der Waals surface area contributed by atoms with Gasteiger partial charge in [0.2, 0.25) is 0 Å². The summed E-state index contributed by atoms with van der Waals surface area (Å²) in [5.41, 5.74) is 3.68. The van der Waals surface area contributed by atoms with Gasteiger partial charge in [0.05, 0.1) is 0 Å². The molecule has 0 spiro atoms. The number of rotatable bonds is 0. The Kier molecular flexibility index (Phi) is 1.49. The summed E-state index contributed by atoms with van der Waals surface area (Å²) in [5, 5.41) is 0. The Morgan fingerprint density at radius 1 is 1.00 bits per heavy atom. The lowest BCUT2D eigenvalue weighted by Crippen LogP contribution is -1.86. The molecule has 0 aromatic heterocycles. The fourth-order valence-corrected chi connectivity index (χ4v) is 23.9. The number of hydrogen-bond donors (Lipinski definition) is 0. The Labute approximate surface area is 39.6 Å². The standard InChI is InChI=1S/C2H10Si3/c1-3-2-5-4-1/h1-5H2. The van der Waals surface area contributed by atoms with Gasteiger partial charge in [-0.3, -0.25) is 0 Å². The summed E-state index contributed by atoms with van der Waals surface area (Å²) in [6.07, 6.45) is 0. The third-order valence-electron chi connectivity index (χ3n) is 1.25. The first kappa shape index (κ1) is 3.83. The minimum Gasteiger partial charge on any atom is -0.0746 e. The quantitative estimate of drug-likeness (QED) is 0.328. The molecule has 5 heavy (non-hydrogen) atoms. The molecule has 0 aromatic rings. The molecule has 0 atom stereocenters. The zero-order valence-corrected chi connectivity index (χ0v) is 7.78. The summed E-state index contributed by atoms with van der Waals surface area (Å²) in [6.45, 7) is 0. The molecular weight excluding hydrogens is 108 g/mol. The lowest BCUT2D eigenvalue weighted by atomic mass is 11.8. The van der Waals surface area contributed by atoms with Gasteiger partial charge in [-0.05, 0) is 0 Å². The van der Waals surface area contributed by atoms with Crippen LogP contribution in [-0.4, -0.2) is 27.6 Å². The topological polar surface area (TPSA) is 0 Å². The molecule has 0 aromatic carbocycles. The van der Waals surface area contributed by atoms with E-state index in [0.717, 1.165) is 18.1 Å². The van der Waals surface area contributed by atoms with Crippen molar-refractivity contribution in [3.63, 3.8) is 0 Å². The molecule has 0 bridgehead atoms. The summed E-state index contributed by atoms with van der Waals surface area (Å²) in [4.78, 5) is 0. The van der Waals surface area contributed by atoms with Crippen molar-refractivity contribution in [1.82, 2.24) is 0 Å². The molecule has 1 fully saturated rings. The minimum atomic E-state index is 0.667. The van der Waals surface area contributed by atoms with E-state index in [2.05, 4.69) is 0 Å². The van der Waals surface area contributed by atoms with E-state index in [1.807, 2.05) is 11.3 Å². The molecule has 0 saturated carbocycles. The smallest absolute Gasteiger partial charge is 0.0130 e. The van der Waals surface area contributed by atoms with Crippen LogP contribution in [0.1, 0.15) is 0 Å². The van der Waals surface area contributed by atoms with E-state index in [0.29, 0.717) is 9.52 Å². The fraction of sp³-hybridized carbons (Fsp3) is 1.00. The highest BCUT2D eigenvalue weighted by molar-refractivity contribution is 7.10. The van der Waals surface area contributed by atoms with Crippen molar-refractivity contribution < 1.29 is 0 Å². The summed E-state index contributed by atoms with van der Waals surface area (Å²) < 4.78 is 0. The fourth-order valence-electron chi connectivity index (χ4n) is 0.884. The number of hydrogen-bond acceptors (Lipinski definition) is 0. The van der Waals surface area contributed by atoms with Gasteiger partial charge in [-0.15, -0.1) is 0 Å². The normalized spacial score (nSPS) is 38.4. The van der Waals surface area contributed by atoms with Crippen LogP contribution in [0, 0.1) is 0 Å². The minimum absolute atomic E-state index is 0.667. The zero-order chi connectivity index (χ0) is 3.54. The van der Waals surface area contributed by atoms with E-state index >= 15 is 0 Å². The summed E-state index contributed by atoms with van der Waals surface area (Å²) in [6, 6.07) is 0. The van der Waals surface area contributed by atoms with Crippen LogP contribution >= 0.6 is 0 Å². The van der Waals surface area contributed by atoms with Crippen molar-refractivity contribution in [2.24, 2.45) is 0 Å². The van der Waals surface area contributed by atoms with Crippen LogP contribution in [0.5, 0.6) is 0 Å². The van der Waals surface area contributed by atoms with Crippen molar-refractivity contribution >= 4 is 27.6 Å². The molecule has 0 radical (unpaired) electrons. The van der Waals surface area contributed by atoms with E-state index in [4.69, 9.17) is 0 Å². The van der Waals surface area contributed by atoms with Crippen LogP contribution < -0.4 is 0 Å². The van der Waals surface area contributed by atoms with Crippen molar-refractivity contribution in [2.45, 2.75) is 11.3 Å². The van der Waals surface area contributed by atoms with Gasteiger partial charge in [0.1, 0.15) is 0 Å². The van der Waals surface area contributed by atoms with Crippen LogP contribution in [0.25, 0.3) is 0 Å². The third-order valence-corrected chi connectivity index (χ3v) is 20.2. The Morgan fingerprint density at radius 2 is 1.60 bits per heavy atom. The second kappa shape index (κ2) is 1.94. The van der Waals surface area contributed by atoms with Gasteiger partial charge in [-0.25, -0.2) is 0 Å². The summed E-state index contributed by atoms with van der Waals surface area (Å²) in [7, 11) is 2.15. The molecular formula is C2H10Si3. The molecule has 3 heteroatoms. The van der Waals surface area contributed by atoms with Crippen molar-refractivity contribution in [3.05, 3.63) is 0 Å². The molecule has 1 aliphatic heterocycles. The molecule has 1 rings (SSSR count). The van der Waals surface area contributed by atoms with Crippen LogP contribution in [0.15, 0.2) is 0 Å². The van der Waals surface area contributed by atoms with E-state index in [9.17, 15) is 0 Å². The molecule has 1 aliphatic rings. The molecule has 1 heterocycles. The van der Waals surface area contributed by atoms with E-state index in [1.165, 1.54) is 0 Å². The monoisotopic (exact) mass is 118 g/mol. The predicted octanol–water partition coefficient (Wildman–Crippen LogP) is -1.83. The largest absolute Gasteiger partial charge is 0.0746 e. The predicted molar refractivity (Wildman–Crippen MR) is 35.2 cm³/mol. The second-order valence-corrected chi connectivity index (χ2v) is 13.8. The highest BCUT2D eigenvalue weighted by Crippen LogP contribution is 1.89. The van der Waals surface area contributed by atoms with Crippen LogP contribution in [0.2, 0.25) is 11.3 Å². The molecule has 1 saturated heterocycles. The highest BCUT2D eigenvalue weighted by atomic mass is 29.2. The Morgan fingerprint density at radius 3 is 1.80 bits per heavy atom. The van der Waals surface area contributed by atoms with Crippen LogP contribution in [0.4, 0.5) is 0 Å². The third kappa shape index (κ3) is 1.02. The van der Waals surface area contributed by atoms with Crippen LogP contribution in [-0.2, 0) is 0 Å². The maximum atomic E-state index is 1.84. The Bertz CT molecular complexity index is 16.5. The van der Waals surface area contributed by atoms with Gasteiger partial charge in [-0.1, -0.05) is 11.3 Å². The van der Waals surface area contributed by atoms with Gasteiger partial charge in [0.25, 0.3) is 0 Å². The van der Waals surface area contributed by atoms with E-state index < -0.39 is 0 Å². The zero-order valence-electron chi connectivity index (χ0n) is 3.54. The lowest BCUT2D eigenvalue weighted by Gasteiger charge is -1.65. The first-order valence-corrected chi connectivity index (χ1v) is 10.5. The van der Waals surface area contributed by atoms with E-state index in [-0.39, 0.29) is 0 Å². The second-order valence-electron chi connectivity index (χ2n) is 1.77. The average molecular weight is 118 g/mol. The molecule has 30 valence electrons. The maximum Gasteiger partial charge on any atom is 0.0130 e. The highest BCUT2D eigenvalue weighted by Gasteiger charge is 1.98. The first-order valence-electron chi connectivity index (χ1n) is 2.50. The maximum absolute atomic E-state index is 1.84. The summed E-state index contributed by atoms with van der Waals surface area (Å²) in [5.74, 6) is 0. The van der Waals surface area contributed by atoms with Crippen molar-refractivity contribution in [1.29, 1.82) is 0 Å². The lowest BCUT2D eigenvalue weighted by molar-refractivity contribution is 1.96. The molecule has 0 unspecified atom stereocenters. The molecule has 0 nitrogen and oxygen atoms in total. The van der Waals surface area contributed by atoms with E-state index in [1.54, 1.807) is 0 Å². The summed E-state index contributed by atoms with van der Waals surface area (Å²) >= 11 is 0. The average Bonchev–Trinajstić information content (AvgIpc) is 1.76. The SMILES string of the molecule is C1[SiH2]C[SiH2][SiH2]1. The Hall–Kier alpha value is 0.651. The van der Waals surface area contributed by atoms with Crippen molar-refractivity contribution in [3.8, 4) is 0 Å². The van der Waals surface area contributed by atoms with Gasteiger partial charge in [0.15, 0.2) is 0 Å².